The summed E-state index contributed by atoms with van der Waals surface area (Å²) in [4.78, 5) is 2.04. The summed E-state index contributed by atoms with van der Waals surface area (Å²) >= 11 is 0. The van der Waals surface area contributed by atoms with Gasteiger partial charge in [-0.15, -0.1) is 0 Å². The van der Waals surface area contributed by atoms with Crippen LogP contribution in [0.1, 0.15) is 12.5 Å². The molecule has 1 unspecified atom stereocenters. The first-order chi connectivity index (χ1) is 7.69. The SMILES string of the molecule is CC1CN(c2cc(F)cc(C#N)c2)CCO1. The standard InChI is InChI=1S/C12H13FN2O/c1-9-8-15(2-3-16-9)12-5-10(7-14)4-11(13)6-12/h4-6,9H,2-3,8H2,1H3. The predicted octanol–water partition coefficient (Wildman–Crippen LogP) is 1.92. The molecule has 3 nitrogen and oxygen atoms in total. The van der Waals surface area contributed by atoms with Gasteiger partial charge in [-0.2, -0.15) is 5.26 Å². The zero-order valence-electron chi connectivity index (χ0n) is 9.11. The van der Waals surface area contributed by atoms with Crippen LogP contribution in [0, 0.1) is 17.1 Å². The number of hydrogen-bond acceptors (Lipinski definition) is 3. The first-order valence-electron chi connectivity index (χ1n) is 5.26. The number of morpholine rings is 1. The molecule has 0 amide bonds. The molecule has 1 aromatic carbocycles. The van der Waals surface area contributed by atoms with Crippen molar-refractivity contribution in [1.29, 1.82) is 5.26 Å². The van der Waals surface area contributed by atoms with Gasteiger partial charge in [0.05, 0.1) is 24.3 Å². The largest absolute Gasteiger partial charge is 0.375 e. The fourth-order valence-electron chi connectivity index (χ4n) is 1.87. The van der Waals surface area contributed by atoms with Crippen molar-refractivity contribution < 1.29 is 9.13 Å². The van der Waals surface area contributed by atoms with E-state index in [1.54, 1.807) is 6.07 Å². The fraction of sp³-hybridized carbons (Fsp3) is 0.417. The van der Waals surface area contributed by atoms with E-state index in [4.69, 9.17) is 10.00 Å². The lowest BCUT2D eigenvalue weighted by molar-refractivity contribution is 0.0532. The van der Waals surface area contributed by atoms with E-state index >= 15 is 0 Å². The van der Waals surface area contributed by atoms with E-state index in [2.05, 4.69) is 0 Å². The molecule has 1 saturated heterocycles. The summed E-state index contributed by atoms with van der Waals surface area (Å²) in [6.07, 6.45) is 0.141. The molecule has 1 aliphatic heterocycles. The molecular formula is C12H13FN2O. The highest BCUT2D eigenvalue weighted by Gasteiger charge is 2.17. The number of nitriles is 1. The summed E-state index contributed by atoms with van der Waals surface area (Å²) in [6.45, 7) is 4.09. The third kappa shape index (κ3) is 2.31. The van der Waals surface area contributed by atoms with Crippen LogP contribution in [0.4, 0.5) is 10.1 Å². The molecule has 0 saturated carbocycles. The third-order valence-corrected chi connectivity index (χ3v) is 2.62. The van der Waals surface area contributed by atoms with Crippen LogP contribution in [0.2, 0.25) is 0 Å². The van der Waals surface area contributed by atoms with Crippen molar-refractivity contribution in [3.63, 3.8) is 0 Å². The summed E-state index contributed by atoms with van der Waals surface area (Å²) in [7, 11) is 0. The Labute approximate surface area is 94.0 Å². The van der Waals surface area contributed by atoms with Gasteiger partial charge >= 0.3 is 0 Å². The number of rotatable bonds is 1. The molecule has 0 bridgehead atoms. The van der Waals surface area contributed by atoms with Crippen LogP contribution < -0.4 is 4.90 Å². The lowest BCUT2D eigenvalue weighted by Gasteiger charge is -2.33. The van der Waals surface area contributed by atoms with Crippen molar-refractivity contribution in [1.82, 2.24) is 0 Å². The molecule has 84 valence electrons. The number of anilines is 1. The molecule has 1 aromatic rings. The monoisotopic (exact) mass is 220 g/mol. The Balaban J connectivity index is 2.26. The fourth-order valence-corrected chi connectivity index (χ4v) is 1.87. The van der Waals surface area contributed by atoms with Crippen LogP contribution in [0.3, 0.4) is 0 Å². The Morgan fingerprint density at radius 3 is 3.00 bits per heavy atom. The first kappa shape index (κ1) is 10.9. The van der Waals surface area contributed by atoms with Gasteiger partial charge in [-0.05, 0) is 25.1 Å². The van der Waals surface area contributed by atoms with Crippen molar-refractivity contribution in [2.45, 2.75) is 13.0 Å². The Bertz CT molecular complexity index is 428. The zero-order chi connectivity index (χ0) is 11.5. The molecule has 0 aliphatic carbocycles. The zero-order valence-corrected chi connectivity index (χ0v) is 9.11. The molecule has 0 aromatic heterocycles. The van der Waals surface area contributed by atoms with Crippen molar-refractivity contribution in [3.05, 3.63) is 29.6 Å². The second kappa shape index (κ2) is 4.50. The molecule has 1 fully saturated rings. The minimum atomic E-state index is -0.367. The van der Waals surface area contributed by atoms with E-state index in [9.17, 15) is 4.39 Å². The quantitative estimate of drug-likeness (QED) is 0.725. The summed E-state index contributed by atoms with van der Waals surface area (Å²) in [5.74, 6) is -0.367. The van der Waals surface area contributed by atoms with Gasteiger partial charge in [-0.25, -0.2) is 4.39 Å². The Kier molecular flexibility index (Phi) is 3.07. The van der Waals surface area contributed by atoms with Crippen LogP contribution in [-0.4, -0.2) is 25.8 Å². The Hall–Kier alpha value is -1.60. The smallest absolute Gasteiger partial charge is 0.126 e. The van der Waals surface area contributed by atoms with E-state index in [0.717, 1.165) is 18.8 Å². The van der Waals surface area contributed by atoms with Crippen LogP contribution in [-0.2, 0) is 4.74 Å². The summed E-state index contributed by atoms with van der Waals surface area (Å²) in [6, 6.07) is 6.37. The highest BCUT2D eigenvalue weighted by molar-refractivity contribution is 5.52. The third-order valence-electron chi connectivity index (χ3n) is 2.62. The maximum Gasteiger partial charge on any atom is 0.126 e. The maximum atomic E-state index is 13.3. The molecule has 1 atom stereocenters. The van der Waals surface area contributed by atoms with Crippen molar-refractivity contribution in [2.24, 2.45) is 0 Å². The molecule has 0 radical (unpaired) electrons. The minimum Gasteiger partial charge on any atom is -0.375 e. The molecule has 2 rings (SSSR count). The highest BCUT2D eigenvalue weighted by atomic mass is 19.1. The van der Waals surface area contributed by atoms with Gasteiger partial charge in [0.15, 0.2) is 0 Å². The molecule has 0 spiro atoms. The Morgan fingerprint density at radius 2 is 2.31 bits per heavy atom. The maximum absolute atomic E-state index is 13.3. The number of nitrogens with zero attached hydrogens (tertiary/aromatic N) is 2. The van der Waals surface area contributed by atoms with E-state index < -0.39 is 0 Å². The van der Waals surface area contributed by atoms with Gasteiger partial charge in [0.25, 0.3) is 0 Å². The molecule has 0 N–H and O–H groups in total. The second-order valence-corrected chi connectivity index (χ2v) is 3.94. The minimum absolute atomic E-state index is 0.141. The van der Waals surface area contributed by atoms with Crippen LogP contribution in [0.25, 0.3) is 0 Å². The van der Waals surface area contributed by atoms with E-state index in [-0.39, 0.29) is 11.9 Å². The van der Waals surface area contributed by atoms with E-state index in [0.29, 0.717) is 12.2 Å². The lowest BCUT2D eigenvalue weighted by atomic mass is 10.1. The first-order valence-corrected chi connectivity index (χ1v) is 5.26. The van der Waals surface area contributed by atoms with E-state index in [1.807, 2.05) is 17.9 Å². The molecule has 4 heteroatoms. The summed E-state index contributed by atoms with van der Waals surface area (Å²) in [5, 5.41) is 8.78. The second-order valence-electron chi connectivity index (χ2n) is 3.94. The highest BCUT2D eigenvalue weighted by Crippen LogP contribution is 2.20. The van der Waals surface area contributed by atoms with Gasteiger partial charge in [-0.1, -0.05) is 0 Å². The topological polar surface area (TPSA) is 36.3 Å². The van der Waals surface area contributed by atoms with Gasteiger partial charge in [0.1, 0.15) is 5.82 Å². The average Bonchev–Trinajstić information content (AvgIpc) is 2.28. The molecule has 1 aliphatic rings. The van der Waals surface area contributed by atoms with Crippen LogP contribution in [0.15, 0.2) is 18.2 Å². The normalized spacial score (nSPS) is 20.6. The van der Waals surface area contributed by atoms with Crippen LogP contribution in [0.5, 0.6) is 0 Å². The van der Waals surface area contributed by atoms with Crippen molar-refractivity contribution >= 4 is 5.69 Å². The molecular weight excluding hydrogens is 207 g/mol. The number of halogens is 1. The Morgan fingerprint density at radius 1 is 1.50 bits per heavy atom. The van der Waals surface area contributed by atoms with Gasteiger partial charge < -0.3 is 9.64 Å². The van der Waals surface area contributed by atoms with Gasteiger partial charge in [0.2, 0.25) is 0 Å². The molecule has 1 heterocycles. The van der Waals surface area contributed by atoms with Crippen molar-refractivity contribution in [3.8, 4) is 6.07 Å². The van der Waals surface area contributed by atoms with Crippen molar-refractivity contribution in [2.75, 3.05) is 24.6 Å². The van der Waals surface area contributed by atoms with E-state index in [1.165, 1.54) is 12.1 Å². The number of ether oxygens (including phenoxy) is 1. The van der Waals surface area contributed by atoms with Crippen LogP contribution >= 0.6 is 0 Å². The predicted molar refractivity (Wildman–Crippen MR) is 58.7 cm³/mol. The molecule has 16 heavy (non-hydrogen) atoms. The summed E-state index contributed by atoms with van der Waals surface area (Å²) < 4.78 is 18.7. The summed E-state index contributed by atoms with van der Waals surface area (Å²) in [5.41, 5.74) is 1.11. The van der Waals surface area contributed by atoms with Gasteiger partial charge in [-0.3, -0.25) is 0 Å². The van der Waals surface area contributed by atoms with Gasteiger partial charge in [0, 0.05) is 18.8 Å². The lowest BCUT2D eigenvalue weighted by Crippen LogP contribution is -2.41. The number of hydrogen-bond donors (Lipinski definition) is 0. The average molecular weight is 220 g/mol. The number of benzene rings is 1.